The van der Waals surface area contributed by atoms with Crippen LogP contribution >= 0.6 is 0 Å². The zero-order valence-corrected chi connectivity index (χ0v) is 10.1. The van der Waals surface area contributed by atoms with Crippen molar-refractivity contribution in [3.63, 3.8) is 0 Å². The van der Waals surface area contributed by atoms with Crippen LogP contribution in [-0.2, 0) is 21.4 Å². The third-order valence-corrected chi connectivity index (χ3v) is 2.75. The lowest BCUT2D eigenvalue weighted by molar-refractivity contribution is 0.158. The molecule has 96 valence electrons. The monoisotopic (exact) mass is 262 g/mol. The van der Waals surface area contributed by atoms with Gasteiger partial charge in [0.25, 0.3) is 0 Å². The summed E-state index contributed by atoms with van der Waals surface area (Å²) in [6, 6.07) is 0. The molecule has 0 aliphatic carbocycles. The molecule has 3 N–H and O–H groups in total. The van der Waals surface area contributed by atoms with Crippen molar-refractivity contribution in [2.45, 2.75) is 13.3 Å². The lowest BCUT2D eigenvalue weighted by Crippen LogP contribution is -2.41. The van der Waals surface area contributed by atoms with E-state index in [1.54, 1.807) is 17.8 Å². The van der Waals surface area contributed by atoms with Crippen LogP contribution in [-0.4, -0.2) is 37.6 Å². The molecule has 1 aromatic rings. The number of amides is 1. The number of aromatic amines is 1. The van der Waals surface area contributed by atoms with Gasteiger partial charge in [0.15, 0.2) is 0 Å². The molecular weight excluding hydrogens is 248 g/mol. The van der Waals surface area contributed by atoms with Gasteiger partial charge in [-0.25, -0.2) is 14.5 Å². The van der Waals surface area contributed by atoms with Gasteiger partial charge in [-0.05, 0) is 6.92 Å². The Balaban J connectivity index is 2.32. The second-order valence-corrected chi connectivity index (χ2v) is 4.55. The maximum Gasteiger partial charge on any atom is 0.421 e. The van der Waals surface area contributed by atoms with Crippen molar-refractivity contribution in [1.29, 1.82) is 0 Å². The van der Waals surface area contributed by atoms with Gasteiger partial charge < -0.3 is 9.72 Å². The minimum absolute atomic E-state index is 0.107. The summed E-state index contributed by atoms with van der Waals surface area (Å²) in [6.45, 7) is 1.84. The molecule has 0 fully saturated rings. The van der Waals surface area contributed by atoms with Crippen molar-refractivity contribution in [3.05, 3.63) is 18.2 Å². The van der Waals surface area contributed by atoms with Crippen molar-refractivity contribution in [2.24, 2.45) is 0 Å². The Morgan fingerprint density at radius 3 is 2.94 bits per heavy atom. The van der Waals surface area contributed by atoms with Crippen molar-refractivity contribution in [1.82, 2.24) is 19.4 Å². The molecule has 0 aliphatic heterocycles. The van der Waals surface area contributed by atoms with Gasteiger partial charge in [-0.15, -0.1) is 0 Å². The molecule has 0 atom stereocenters. The van der Waals surface area contributed by atoms with E-state index in [2.05, 4.69) is 19.4 Å². The number of ether oxygens (including phenoxy) is 1. The Labute approximate surface area is 99.0 Å². The molecule has 17 heavy (non-hydrogen) atoms. The van der Waals surface area contributed by atoms with Crippen molar-refractivity contribution >= 4 is 16.3 Å². The zero-order chi connectivity index (χ0) is 12.7. The summed E-state index contributed by atoms with van der Waals surface area (Å²) in [5, 5.41) is 0. The first-order chi connectivity index (χ1) is 8.03. The second-order valence-electron chi connectivity index (χ2n) is 3.05. The van der Waals surface area contributed by atoms with E-state index in [9.17, 15) is 13.2 Å². The van der Waals surface area contributed by atoms with Crippen molar-refractivity contribution in [2.75, 3.05) is 13.2 Å². The summed E-state index contributed by atoms with van der Waals surface area (Å²) in [7, 11) is -3.87. The topological polar surface area (TPSA) is 113 Å². The fraction of sp³-hybridized carbons (Fsp3) is 0.500. The van der Waals surface area contributed by atoms with Gasteiger partial charge in [-0.2, -0.15) is 13.1 Å². The number of hydrogen-bond acceptors (Lipinski definition) is 5. The number of imidazole rings is 1. The van der Waals surface area contributed by atoms with Gasteiger partial charge in [0.05, 0.1) is 12.9 Å². The molecule has 9 heteroatoms. The normalized spacial score (nSPS) is 11.1. The number of carbonyl (C=O) groups is 1. The Morgan fingerprint density at radius 2 is 2.35 bits per heavy atom. The summed E-state index contributed by atoms with van der Waals surface area (Å²) < 4.78 is 30.9. The van der Waals surface area contributed by atoms with Crippen LogP contribution in [0.5, 0.6) is 0 Å². The Morgan fingerprint density at radius 1 is 1.59 bits per heavy atom. The zero-order valence-electron chi connectivity index (χ0n) is 9.26. The van der Waals surface area contributed by atoms with Crippen LogP contribution in [0.2, 0.25) is 0 Å². The fourth-order valence-corrected chi connectivity index (χ4v) is 1.77. The third-order valence-electron chi connectivity index (χ3n) is 1.73. The largest absolute Gasteiger partial charge is 0.449 e. The predicted octanol–water partition coefficient (Wildman–Crippen LogP) is -0.467. The van der Waals surface area contributed by atoms with E-state index in [1.165, 1.54) is 6.33 Å². The molecule has 1 aromatic heterocycles. The number of rotatable bonds is 6. The van der Waals surface area contributed by atoms with Crippen molar-refractivity contribution < 1.29 is 17.9 Å². The molecule has 0 aromatic carbocycles. The molecule has 1 heterocycles. The summed E-state index contributed by atoms with van der Waals surface area (Å²) in [5.74, 6) is 0. The van der Waals surface area contributed by atoms with E-state index < -0.39 is 16.3 Å². The molecular formula is C8H14N4O4S. The molecule has 0 spiro atoms. The molecule has 1 amide bonds. The molecule has 0 radical (unpaired) electrons. The Bertz CT molecular complexity index is 442. The third kappa shape index (κ3) is 5.31. The molecule has 0 saturated carbocycles. The van der Waals surface area contributed by atoms with Gasteiger partial charge in [0.2, 0.25) is 0 Å². The van der Waals surface area contributed by atoms with E-state index >= 15 is 0 Å². The van der Waals surface area contributed by atoms with E-state index in [4.69, 9.17) is 0 Å². The van der Waals surface area contributed by atoms with Gasteiger partial charge >= 0.3 is 16.3 Å². The first-order valence-corrected chi connectivity index (χ1v) is 6.43. The van der Waals surface area contributed by atoms with E-state index in [0.717, 1.165) is 5.69 Å². The average molecular weight is 262 g/mol. The maximum atomic E-state index is 11.3. The highest BCUT2D eigenvalue weighted by molar-refractivity contribution is 7.88. The second kappa shape index (κ2) is 6.21. The SMILES string of the molecule is CCOC(=O)NS(=O)(=O)NCCc1cnc[nH]1. The van der Waals surface area contributed by atoms with Crippen LogP contribution < -0.4 is 9.44 Å². The summed E-state index contributed by atoms with van der Waals surface area (Å²) in [4.78, 5) is 17.5. The van der Waals surface area contributed by atoms with E-state index in [-0.39, 0.29) is 13.2 Å². The highest BCUT2D eigenvalue weighted by Gasteiger charge is 2.13. The first-order valence-electron chi connectivity index (χ1n) is 4.95. The molecule has 1 rings (SSSR count). The Hall–Kier alpha value is -1.61. The van der Waals surface area contributed by atoms with Crippen LogP contribution in [0.1, 0.15) is 12.6 Å². The first kappa shape index (κ1) is 13.5. The minimum atomic E-state index is -3.87. The summed E-state index contributed by atoms with van der Waals surface area (Å²) in [6.07, 6.45) is 2.54. The van der Waals surface area contributed by atoms with Crippen molar-refractivity contribution in [3.8, 4) is 0 Å². The van der Waals surface area contributed by atoms with E-state index in [0.29, 0.717) is 6.42 Å². The summed E-state index contributed by atoms with van der Waals surface area (Å²) >= 11 is 0. The summed E-state index contributed by atoms with van der Waals surface area (Å²) in [5.41, 5.74) is 0.795. The minimum Gasteiger partial charge on any atom is -0.449 e. The molecule has 8 nitrogen and oxygen atoms in total. The highest BCUT2D eigenvalue weighted by Crippen LogP contribution is 1.91. The van der Waals surface area contributed by atoms with E-state index in [1.807, 2.05) is 0 Å². The van der Waals surface area contributed by atoms with Gasteiger partial charge in [0, 0.05) is 24.9 Å². The maximum absolute atomic E-state index is 11.3. The molecule has 0 unspecified atom stereocenters. The van der Waals surface area contributed by atoms with Crippen LogP contribution in [0.4, 0.5) is 4.79 Å². The van der Waals surface area contributed by atoms with Gasteiger partial charge in [-0.3, -0.25) is 0 Å². The van der Waals surface area contributed by atoms with Crippen LogP contribution in [0.3, 0.4) is 0 Å². The standard InChI is InChI=1S/C8H14N4O4S/c1-2-16-8(13)12-17(14,15)11-4-3-7-5-9-6-10-7/h5-6,11H,2-4H2,1H3,(H,9,10)(H,12,13). The van der Waals surface area contributed by atoms with Gasteiger partial charge in [-0.1, -0.05) is 0 Å². The van der Waals surface area contributed by atoms with Gasteiger partial charge in [0.1, 0.15) is 0 Å². The van der Waals surface area contributed by atoms with Crippen LogP contribution in [0.15, 0.2) is 12.5 Å². The molecule has 0 saturated heterocycles. The van der Waals surface area contributed by atoms with Crippen LogP contribution in [0.25, 0.3) is 0 Å². The fourth-order valence-electron chi connectivity index (χ4n) is 1.05. The number of carbonyl (C=O) groups excluding carboxylic acids is 1. The number of H-pyrrole nitrogens is 1. The lowest BCUT2D eigenvalue weighted by atomic mass is 10.3. The Kier molecular flexibility index (Phi) is 4.91. The van der Waals surface area contributed by atoms with Crippen LogP contribution in [0, 0.1) is 0 Å². The highest BCUT2D eigenvalue weighted by atomic mass is 32.2. The number of aromatic nitrogens is 2. The smallest absolute Gasteiger partial charge is 0.421 e. The number of hydrogen-bond donors (Lipinski definition) is 3. The average Bonchev–Trinajstić information content (AvgIpc) is 2.69. The molecule has 0 bridgehead atoms. The molecule has 0 aliphatic rings. The predicted molar refractivity (Wildman–Crippen MR) is 59.4 cm³/mol. The lowest BCUT2D eigenvalue weighted by Gasteiger charge is -2.07. The number of nitrogens with one attached hydrogen (secondary N) is 3. The quantitative estimate of drug-likeness (QED) is 0.641. The number of nitrogens with zero attached hydrogens (tertiary/aromatic N) is 1.